The van der Waals surface area contributed by atoms with Gasteiger partial charge in [0.05, 0.1) is 12.7 Å². The van der Waals surface area contributed by atoms with Gasteiger partial charge < -0.3 is 4.74 Å². The monoisotopic (exact) mass is 188 g/mol. The van der Waals surface area contributed by atoms with Crippen LogP contribution >= 0.6 is 0 Å². The Balaban J connectivity index is 2.57. The SMILES string of the molecule is COC(=O)c1cccc2c1C(C)=CC2. The number of benzene rings is 1. The van der Waals surface area contributed by atoms with Gasteiger partial charge in [-0.05, 0) is 36.1 Å². The molecule has 2 rings (SSSR count). The van der Waals surface area contributed by atoms with Crippen molar-refractivity contribution in [3.63, 3.8) is 0 Å². The lowest BCUT2D eigenvalue weighted by Crippen LogP contribution is -2.05. The minimum atomic E-state index is -0.253. The molecule has 0 bridgehead atoms. The number of carbonyl (C=O) groups is 1. The summed E-state index contributed by atoms with van der Waals surface area (Å²) in [5.41, 5.74) is 4.11. The van der Waals surface area contributed by atoms with Crippen molar-refractivity contribution in [1.29, 1.82) is 0 Å². The number of carbonyl (C=O) groups excluding carboxylic acids is 1. The summed E-state index contributed by atoms with van der Waals surface area (Å²) >= 11 is 0. The third kappa shape index (κ3) is 1.23. The third-order valence-electron chi connectivity index (χ3n) is 2.58. The van der Waals surface area contributed by atoms with E-state index in [1.54, 1.807) is 0 Å². The molecule has 0 heterocycles. The first-order chi connectivity index (χ1) is 6.74. The van der Waals surface area contributed by atoms with E-state index in [-0.39, 0.29) is 5.97 Å². The quantitative estimate of drug-likeness (QED) is 0.633. The van der Waals surface area contributed by atoms with Gasteiger partial charge in [-0.1, -0.05) is 18.2 Å². The average molecular weight is 188 g/mol. The van der Waals surface area contributed by atoms with E-state index in [2.05, 4.69) is 12.1 Å². The van der Waals surface area contributed by atoms with E-state index < -0.39 is 0 Å². The van der Waals surface area contributed by atoms with Crippen molar-refractivity contribution < 1.29 is 9.53 Å². The number of ether oxygens (including phenoxy) is 1. The van der Waals surface area contributed by atoms with E-state index in [1.165, 1.54) is 18.2 Å². The minimum absolute atomic E-state index is 0.253. The Hall–Kier alpha value is -1.57. The molecule has 0 amide bonds. The van der Waals surface area contributed by atoms with Crippen molar-refractivity contribution >= 4 is 11.5 Å². The molecule has 1 aliphatic carbocycles. The van der Waals surface area contributed by atoms with Crippen molar-refractivity contribution in [1.82, 2.24) is 0 Å². The van der Waals surface area contributed by atoms with Gasteiger partial charge in [0.15, 0.2) is 0 Å². The summed E-state index contributed by atoms with van der Waals surface area (Å²) in [4.78, 5) is 11.5. The van der Waals surface area contributed by atoms with Crippen LogP contribution in [0.15, 0.2) is 24.3 Å². The van der Waals surface area contributed by atoms with Gasteiger partial charge in [-0.15, -0.1) is 0 Å². The first-order valence-corrected chi connectivity index (χ1v) is 4.61. The summed E-state index contributed by atoms with van der Waals surface area (Å²) < 4.78 is 4.74. The van der Waals surface area contributed by atoms with Gasteiger partial charge in [0.2, 0.25) is 0 Å². The van der Waals surface area contributed by atoms with Gasteiger partial charge >= 0.3 is 5.97 Å². The van der Waals surface area contributed by atoms with E-state index in [1.807, 2.05) is 19.1 Å². The van der Waals surface area contributed by atoms with Crippen molar-refractivity contribution in [2.75, 3.05) is 7.11 Å². The molecule has 2 nitrogen and oxygen atoms in total. The standard InChI is InChI=1S/C12H12O2/c1-8-6-7-9-4-3-5-10(11(8)9)12(13)14-2/h3-6H,7H2,1-2H3. The Morgan fingerprint density at radius 2 is 2.21 bits per heavy atom. The smallest absolute Gasteiger partial charge is 0.338 e. The Bertz CT molecular complexity index is 416. The van der Waals surface area contributed by atoms with Crippen LogP contribution in [0.3, 0.4) is 0 Å². The lowest BCUT2D eigenvalue weighted by Gasteiger charge is -2.07. The summed E-state index contributed by atoms with van der Waals surface area (Å²) in [5, 5.41) is 0. The fraction of sp³-hybridized carbons (Fsp3) is 0.250. The Kier molecular flexibility index (Phi) is 2.12. The molecule has 1 aromatic rings. The van der Waals surface area contributed by atoms with Crippen LogP contribution in [-0.4, -0.2) is 13.1 Å². The van der Waals surface area contributed by atoms with Crippen LogP contribution in [0.1, 0.15) is 28.4 Å². The third-order valence-corrected chi connectivity index (χ3v) is 2.58. The van der Waals surface area contributed by atoms with Gasteiger partial charge in [-0.25, -0.2) is 4.79 Å². The van der Waals surface area contributed by atoms with E-state index in [4.69, 9.17) is 4.74 Å². The lowest BCUT2D eigenvalue weighted by atomic mass is 10.00. The van der Waals surface area contributed by atoms with E-state index >= 15 is 0 Å². The van der Waals surface area contributed by atoms with Crippen LogP contribution in [0.25, 0.3) is 5.57 Å². The summed E-state index contributed by atoms with van der Waals surface area (Å²) in [5.74, 6) is -0.253. The number of methoxy groups -OCH3 is 1. The van der Waals surface area contributed by atoms with Crippen LogP contribution in [0, 0.1) is 0 Å². The molecule has 0 aliphatic heterocycles. The number of rotatable bonds is 1. The molecule has 0 fully saturated rings. The number of allylic oxidation sites excluding steroid dienone is 2. The van der Waals surface area contributed by atoms with E-state index in [0.717, 1.165) is 12.0 Å². The number of fused-ring (bicyclic) bond motifs is 1. The Morgan fingerprint density at radius 3 is 2.93 bits per heavy atom. The summed E-state index contributed by atoms with van der Waals surface area (Å²) in [6, 6.07) is 5.76. The second kappa shape index (κ2) is 3.29. The molecular weight excluding hydrogens is 176 g/mol. The Labute approximate surface area is 83.2 Å². The summed E-state index contributed by atoms with van der Waals surface area (Å²) in [6.45, 7) is 2.03. The molecule has 2 heteroatoms. The highest BCUT2D eigenvalue weighted by Crippen LogP contribution is 2.30. The topological polar surface area (TPSA) is 26.3 Å². The van der Waals surface area contributed by atoms with Gasteiger partial charge in [-0.2, -0.15) is 0 Å². The van der Waals surface area contributed by atoms with Crippen LogP contribution in [0.5, 0.6) is 0 Å². The van der Waals surface area contributed by atoms with Crippen LogP contribution < -0.4 is 0 Å². The first-order valence-electron chi connectivity index (χ1n) is 4.61. The second-order valence-electron chi connectivity index (χ2n) is 3.42. The van der Waals surface area contributed by atoms with Crippen LogP contribution in [0.4, 0.5) is 0 Å². The molecule has 0 saturated heterocycles. The number of esters is 1. The molecular formula is C12H12O2. The maximum absolute atomic E-state index is 11.5. The fourth-order valence-electron chi connectivity index (χ4n) is 1.88. The highest BCUT2D eigenvalue weighted by Gasteiger charge is 2.18. The van der Waals surface area contributed by atoms with Crippen molar-refractivity contribution in [3.8, 4) is 0 Å². The number of hydrogen-bond donors (Lipinski definition) is 0. The highest BCUT2D eigenvalue weighted by atomic mass is 16.5. The zero-order valence-corrected chi connectivity index (χ0v) is 8.33. The zero-order valence-electron chi connectivity index (χ0n) is 8.33. The molecule has 1 aromatic carbocycles. The molecule has 0 saturated carbocycles. The molecule has 0 spiro atoms. The summed E-state index contributed by atoms with van der Waals surface area (Å²) in [6.07, 6.45) is 3.06. The Morgan fingerprint density at radius 1 is 1.43 bits per heavy atom. The molecule has 72 valence electrons. The molecule has 14 heavy (non-hydrogen) atoms. The van der Waals surface area contributed by atoms with Crippen molar-refractivity contribution in [3.05, 3.63) is 41.0 Å². The van der Waals surface area contributed by atoms with E-state index in [9.17, 15) is 4.79 Å². The maximum atomic E-state index is 11.5. The van der Waals surface area contributed by atoms with Gasteiger partial charge in [0.1, 0.15) is 0 Å². The predicted octanol–water partition coefficient (Wildman–Crippen LogP) is 2.43. The van der Waals surface area contributed by atoms with Crippen LogP contribution in [-0.2, 0) is 11.2 Å². The molecule has 0 radical (unpaired) electrons. The van der Waals surface area contributed by atoms with Gasteiger partial charge in [0, 0.05) is 0 Å². The fourth-order valence-corrected chi connectivity index (χ4v) is 1.88. The van der Waals surface area contributed by atoms with Gasteiger partial charge in [0.25, 0.3) is 0 Å². The minimum Gasteiger partial charge on any atom is -0.465 e. The predicted molar refractivity (Wildman–Crippen MR) is 55.1 cm³/mol. The molecule has 0 N–H and O–H groups in total. The highest BCUT2D eigenvalue weighted by molar-refractivity contribution is 5.96. The van der Waals surface area contributed by atoms with Crippen molar-refractivity contribution in [2.45, 2.75) is 13.3 Å². The maximum Gasteiger partial charge on any atom is 0.338 e. The molecule has 0 aromatic heterocycles. The number of hydrogen-bond acceptors (Lipinski definition) is 2. The average Bonchev–Trinajstić information content (AvgIpc) is 2.59. The van der Waals surface area contributed by atoms with Crippen LogP contribution in [0.2, 0.25) is 0 Å². The molecule has 0 atom stereocenters. The zero-order chi connectivity index (χ0) is 10.1. The van der Waals surface area contributed by atoms with Crippen molar-refractivity contribution in [2.24, 2.45) is 0 Å². The molecule has 0 unspecified atom stereocenters. The van der Waals surface area contributed by atoms with E-state index in [0.29, 0.717) is 5.56 Å². The second-order valence-corrected chi connectivity index (χ2v) is 3.42. The lowest BCUT2D eigenvalue weighted by molar-refractivity contribution is 0.0600. The van der Waals surface area contributed by atoms with Gasteiger partial charge in [-0.3, -0.25) is 0 Å². The molecule has 1 aliphatic rings. The normalized spacial score (nSPS) is 13.4. The summed E-state index contributed by atoms with van der Waals surface area (Å²) in [7, 11) is 1.41. The first kappa shape index (κ1) is 9.00. The largest absolute Gasteiger partial charge is 0.465 e.